The first-order valence-electron chi connectivity index (χ1n) is 2.59. The van der Waals surface area contributed by atoms with Crippen LogP contribution in [-0.2, 0) is 11.2 Å². The lowest BCUT2D eigenvalue weighted by Gasteiger charge is -1.84. The summed E-state index contributed by atoms with van der Waals surface area (Å²) in [6.45, 7) is 0. The molecule has 0 spiro atoms. The molecule has 0 fully saturated rings. The van der Waals surface area contributed by atoms with Gasteiger partial charge in [-0.05, 0) is 11.5 Å². The van der Waals surface area contributed by atoms with Crippen LogP contribution in [0.3, 0.4) is 0 Å². The molecule has 0 aromatic carbocycles. The lowest BCUT2D eigenvalue weighted by atomic mass is 10.4. The molecule has 46 valence electrons. The molecule has 0 bridgehead atoms. The fourth-order valence-electron chi connectivity index (χ4n) is 0.834. The number of nitrogens with one attached hydrogen (secondary N) is 1. The molecular weight excluding hydrogens is 136 g/mol. The van der Waals surface area contributed by atoms with Crippen LogP contribution in [0.15, 0.2) is 6.20 Å². The van der Waals surface area contributed by atoms with Crippen molar-refractivity contribution in [2.45, 2.75) is 6.42 Å². The number of rotatable bonds is 0. The largest absolute Gasteiger partial charge is 0.323 e. The molecule has 0 aliphatic carbocycles. The topological polar surface area (TPSA) is 42.0 Å². The fraction of sp³-hybridized carbons (Fsp3) is 0.200. The second kappa shape index (κ2) is 1.54. The van der Waals surface area contributed by atoms with Gasteiger partial charge in [0.1, 0.15) is 0 Å². The summed E-state index contributed by atoms with van der Waals surface area (Å²) >= 11 is 1.38. The summed E-state index contributed by atoms with van der Waals surface area (Å²) in [6.07, 6.45) is 2.20. The van der Waals surface area contributed by atoms with Crippen molar-refractivity contribution in [1.82, 2.24) is 4.37 Å². The Labute approximate surface area is 55.9 Å². The summed E-state index contributed by atoms with van der Waals surface area (Å²) in [5.41, 5.74) is 0.894. The van der Waals surface area contributed by atoms with Crippen LogP contribution in [0.25, 0.3) is 0 Å². The standard InChI is InChI=1S/C5H4N2OS/c8-5-1-4-3(7-5)2-6-9-4/h2H,1H2,(H,7,8). The summed E-state index contributed by atoms with van der Waals surface area (Å²) in [6, 6.07) is 0. The van der Waals surface area contributed by atoms with Gasteiger partial charge < -0.3 is 5.32 Å². The van der Waals surface area contributed by atoms with E-state index in [0.717, 1.165) is 10.6 Å². The van der Waals surface area contributed by atoms with Gasteiger partial charge in [-0.1, -0.05) is 0 Å². The highest BCUT2D eigenvalue weighted by Crippen LogP contribution is 2.24. The molecule has 2 rings (SSSR count). The van der Waals surface area contributed by atoms with Crippen LogP contribution in [0, 0.1) is 0 Å². The fourth-order valence-corrected chi connectivity index (χ4v) is 1.52. The number of anilines is 1. The Morgan fingerprint density at radius 1 is 1.78 bits per heavy atom. The average Bonchev–Trinajstić information content (AvgIpc) is 2.22. The Kier molecular flexibility index (Phi) is 0.843. The summed E-state index contributed by atoms with van der Waals surface area (Å²) < 4.78 is 3.91. The second-order valence-corrected chi connectivity index (χ2v) is 2.77. The third-order valence-electron chi connectivity index (χ3n) is 1.24. The van der Waals surface area contributed by atoms with Crippen molar-refractivity contribution in [3.05, 3.63) is 11.1 Å². The van der Waals surface area contributed by atoms with Gasteiger partial charge in [-0.15, -0.1) is 0 Å². The summed E-state index contributed by atoms with van der Waals surface area (Å²) in [4.78, 5) is 11.7. The number of amides is 1. The molecule has 1 amide bonds. The van der Waals surface area contributed by atoms with Gasteiger partial charge in [0.2, 0.25) is 5.91 Å². The minimum Gasteiger partial charge on any atom is -0.323 e. The van der Waals surface area contributed by atoms with Crippen molar-refractivity contribution in [3.63, 3.8) is 0 Å². The molecule has 3 nitrogen and oxygen atoms in total. The van der Waals surface area contributed by atoms with E-state index in [-0.39, 0.29) is 5.91 Å². The highest BCUT2D eigenvalue weighted by Gasteiger charge is 2.18. The number of fused-ring (bicyclic) bond motifs is 1. The molecule has 1 aromatic rings. The number of hydrogen-bond donors (Lipinski definition) is 1. The van der Waals surface area contributed by atoms with E-state index in [1.807, 2.05) is 0 Å². The van der Waals surface area contributed by atoms with Crippen LogP contribution in [0.2, 0.25) is 0 Å². The predicted octanol–water partition coefficient (Wildman–Crippen LogP) is 0.638. The number of carbonyl (C=O) groups excluding carboxylic acids is 1. The first kappa shape index (κ1) is 4.93. The van der Waals surface area contributed by atoms with Crippen molar-refractivity contribution in [2.75, 3.05) is 5.32 Å². The van der Waals surface area contributed by atoms with Crippen molar-refractivity contribution in [3.8, 4) is 0 Å². The van der Waals surface area contributed by atoms with Gasteiger partial charge in [-0.25, -0.2) is 0 Å². The molecule has 0 saturated heterocycles. The Hall–Kier alpha value is -0.900. The zero-order valence-electron chi connectivity index (χ0n) is 4.55. The molecular formula is C5H4N2OS. The summed E-state index contributed by atoms with van der Waals surface area (Å²) in [5.74, 6) is 0.0821. The maximum absolute atomic E-state index is 10.6. The molecule has 0 unspecified atom stereocenters. The Balaban J connectivity index is 2.49. The SMILES string of the molecule is O=C1Cc2sncc2N1. The zero-order valence-corrected chi connectivity index (χ0v) is 5.36. The molecule has 9 heavy (non-hydrogen) atoms. The monoisotopic (exact) mass is 140 g/mol. The molecule has 0 saturated carbocycles. The molecule has 4 heteroatoms. The molecule has 1 N–H and O–H groups in total. The van der Waals surface area contributed by atoms with Gasteiger partial charge in [0.05, 0.1) is 23.2 Å². The Morgan fingerprint density at radius 2 is 2.67 bits per heavy atom. The van der Waals surface area contributed by atoms with E-state index in [1.54, 1.807) is 6.20 Å². The highest BCUT2D eigenvalue weighted by atomic mass is 32.1. The number of carbonyl (C=O) groups is 1. The van der Waals surface area contributed by atoms with E-state index in [2.05, 4.69) is 9.69 Å². The lowest BCUT2D eigenvalue weighted by molar-refractivity contribution is -0.115. The number of nitrogens with zero attached hydrogens (tertiary/aromatic N) is 1. The minimum atomic E-state index is 0.0821. The normalized spacial score (nSPS) is 15.3. The molecule has 2 heterocycles. The highest BCUT2D eigenvalue weighted by molar-refractivity contribution is 7.06. The Morgan fingerprint density at radius 3 is 3.44 bits per heavy atom. The quantitative estimate of drug-likeness (QED) is 0.574. The van der Waals surface area contributed by atoms with Crippen LogP contribution in [0.4, 0.5) is 5.69 Å². The molecule has 0 atom stereocenters. The maximum atomic E-state index is 10.6. The van der Waals surface area contributed by atoms with Crippen LogP contribution in [0.5, 0.6) is 0 Å². The van der Waals surface area contributed by atoms with Gasteiger partial charge in [0.15, 0.2) is 0 Å². The van der Waals surface area contributed by atoms with Crippen molar-refractivity contribution >= 4 is 23.1 Å². The Bertz CT molecular complexity index is 233. The molecule has 1 aromatic heterocycles. The van der Waals surface area contributed by atoms with Crippen molar-refractivity contribution in [2.24, 2.45) is 0 Å². The van der Waals surface area contributed by atoms with Gasteiger partial charge >= 0.3 is 0 Å². The van der Waals surface area contributed by atoms with Gasteiger partial charge in [-0.2, -0.15) is 4.37 Å². The first-order valence-corrected chi connectivity index (χ1v) is 3.37. The second-order valence-electron chi connectivity index (χ2n) is 1.89. The van der Waals surface area contributed by atoms with Crippen LogP contribution < -0.4 is 5.32 Å². The number of hydrogen-bond acceptors (Lipinski definition) is 3. The van der Waals surface area contributed by atoms with Crippen molar-refractivity contribution in [1.29, 1.82) is 0 Å². The zero-order chi connectivity index (χ0) is 6.27. The predicted molar refractivity (Wildman–Crippen MR) is 34.4 cm³/mol. The van der Waals surface area contributed by atoms with Gasteiger partial charge in [0, 0.05) is 0 Å². The molecule has 1 aliphatic rings. The summed E-state index contributed by atoms with van der Waals surface area (Å²) in [7, 11) is 0. The van der Waals surface area contributed by atoms with Crippen LogP contribution in [-0.4, -0.2) is 10.3 Å². The first-order chi connectivity index (χ1) is 4.36. The van der Waals surface area contributed by atoms with E-state index >= 15 is 0 Å². The lowest BCUT2D eigenvalue weighted by Crippen LogP contribution is -2.03. The third-order valence-corrected chi connectivity index (χ3v) is 2.04. The minimum absolute atomic E-state index is 0.0821. The van der Waals surface area contributed by atoms with Crippen molar-refractivity contribution < 1.29 is 4.79 Å². The molecule has 1 aliphatic heterocycles. The van der Waals surface area contributed by atoms with Gasteiger partial charge in [0.25, 0.3) is 0 Å². The number of aromatic nitrogens is 1. The van der Waals surface area contributed by atoms with Crippen LogP contribution >= 0.6 is 11.5 Å². The maximum Gasteiger partial charge on any atom is 0.229 e. The van der Waals surface area contributed by atoms with Crippen LogP contribution in [0.1, 0.15) is 4.88 Å². The van der Waals surface area contributed by atoms with Gasteiger partial charge in [-0.3, -0.25) is 4.79 Å². The summed E-state index contributed by atoms with van der Waals surface area (Å²) in [5, 5.41) is 2.69. The van der Waals surface area contributed by atoms with E-state index in [9.17, 15) is 4.79 Å². The average molecular weight is 140 g/mol. The smallest absolute Gasteiger partial charge is 0.229 e. The third kappa shape index (κ3) is 0.632. The van der Waals surface area contributed by atoms with E-state index in [0.29, 0.717) is 6.42 Å². The molecule has 0 radical (unpaired) electrons. The van der Waals surface area contributed by atoms with E-state index in [1.165, 1.54) is 11.5 Å². The van der Waals surface area contributed by atoms with E-state index in [4.69, 9.17) is 0 Å². The van der Waals surface area contributed by atoms with E-state index < -0.39 is 0 Å².